The van der Waals surface area contributed by atoms with Crippen LogP contribution >= 0.6 is 0 Å². The highest BCUT2D eigenvalue weighted by molar-refractivity contribution is 5.91. The average molecular weight is 839 g/mol. The molecule has 10 atom stereocenters. The summed E-state index contributed by atoms with van der Waals surface area (Å²) < 4.78 is 32.7. The van der Waals surface area contributed by atoms with Gasteiger partial charge in [-0.25, -0.2) is 9.59 Å². The maximum Gasteiger partial charge on any atom is 0.336 e. The maximum atomic E-state index is 13.6. The molecule has 1 unspecified atom stereocenters. The van der Waals surface area contributed by atoms with Crippen LogP contribution in [0.4, 0.5) is 0 Å². The van der Waals surface area contributed by atoms with Crippen molar-refractivity contribution >= 4 is 34.8 Å². The van der Waals surface area contributed by atoms with E-state index in [0.29, 0.717) is 98.0 Å². The lowest BCUT2D eigenvalue weighted by molar-refractivity contribution is -0.167. The Kier molecular flexibility index (Phi) is 15.4. The van der Waals surface area contributed by atoms with Crippen molar-refractivity contribution in [3.8, 4) is 5.75 Å². The van der Waals surface area contributed by atoms with Gasteiger partial charge >= 0.3 is 23.5 Å². The Morgan fingerprint density at radius 1 is 0.933 bits per heavy atom. The lowest BCUT2D eigenvalue weighted by Gasteiger charge is -2.61. The third-order valence-electron chi connectivity index (χ3n) is 15.0. The quantitative estimate of drug-likeness (QED) is 0.0818. The molecule has 332 valence electrons. The zero-order valence-electron chi connectivity index (χ0n) is 35.9. The molecule has 4 aliphatic rings. The van der Waals surface area contributed by atoms with Gasteiger partial charge in [0.25, 0.3) is 0 Å². The molecular weight excluding hydrogens is 773 g/mol. The number of methoxy groups -OCH3 is 1. The number of carboxylic acids is 1. The molecule has 0 radical (unpaired) electrons. The lowest BCUT2D eigenvalue weighted by atomic mass is 9.44. The Balaban J connectivity index is 0.991. The molecule has 0 aliphatic heterocycles. The number of rotatable bonds is 20. The van der Waals surface area contributed by atoms with Crippen LogP contribution in [-0.4, -0.2) is 87.8 Å². The number of aliphatic carboxylic acids is 1. The molecule has 1 amide bonds. The summed E-state index contributed by atoms with van der Waals surface area (Å²) in [5, 5.41) is 12.8. The van der Waals surface area contributed by atoms with Gasteiger partial charge in [0.2, 0.25) is 5.91 Å². The van der Waals surface area contributed by atoms with Crippen molar-refractivity contribution in [3.63, 3.8) is 0 Å². The van der Waals surface area contributed by atoms with Gasteiger partial charge in [0, 0.05) is 30.5 Å². The van der Waals surface area contributed by atoms with Crippen molar-refractivity contribution in [2.75, 3.05) is 46.7 Å². The van der Waals surface area contributed by atoms with Crippen LogP contribution in [0.25, 0.3) is 11.0 Å². The summed E-state index contributed by atoms with van der Waals surface area (Å²) in [6.45, 7) is 9.79. The normalized spacial score (nSPS) is 29.4. The highest BCUT2D eigenvalue weighted by Crippen LogP contribution is 2.68. The molecule has 1 heterocycles. The predicted molar refractivity (Wildman–Crippen MR) is 222 cm³/mol. The Hall–Kier alpha value is -4.01. The molecule has 2 aromatic rings. The molecule has 4 aliphatic carbocycles. The van der Waals surface area contributed by atoms with Crippen LogP contribution in [0, 0.1) is 46.3 Å². The monoisotopic (exact) mass is 838 g/mol. The fraction of sp³-hybridized carbons (Fsp3) is 0.717. The summed E-state index contributed by atoms with van der Waals surface area (Å²) in [4.78, 5) is 63.5. The molecule has 6 rings (SSSR count). The Bertz CT molecular complexity index is 1880. The van der Waals surface area contributed by atoms with Crippen LogP contribution in [0.2, 0.25) is 0 Å². The zero-order valence-corrected chi connectivity index (χ0v) is 35.9. The third-order valence-corrected chi connectivity index (χ3v) is 15.0. The largest absolute Gasteiger partial charge is 0.497 e. The van der Waals surface area contributed by atoms with E-state index < -0.39 is 35.9 Å². The van der Waals surface area contributed by atoms with Crippen LogP contribution in [0.15, 0.2) is 33.5 Å². The number of esters is 2. The van der Waals surface area contributed by atoms with Crippen molar-refractivity contribution in [1.29, 1.82) is 0 Å². The second kappa shape index (κ2) is 20.2. The fourth-order valence-corrected chi connectivity index (χ4v) is 12.1. The standard InChI is InChI=1S/C46H66N2O12/c1-28(5-12-42(52)58-22-21-57-20-19-56-18-17-47)35-10-11-36-34-8-6-30-25-32(13-15-45(30,2)37(34)14-16-46(35,36)3)59-44(54)38(27-41(50)51)48-40(49)23-29-24-43(53)60-39-26-31(55-4)7-9-33(29)39/h7,9,24,26,28,30,32,34-38H,5-6,8,10-23,25,27,47H2,1-4H3,(H,48,49)(H,50,51)/t28-,30-,32-,34+,35?,36+,37+,38+,45+,46-/m1/s1. The van der Waals surface area contributed by atoms with Gasteiger partial charge in [-0.2, -0.15) is 0 Å². The van der Waals surface area contributed by atoms with E-state index >= 15 is 0 Å². The van der Waals surface area contributed by atoms with Gasteiger partial charge in [-0.05, 0) is 128 Å². The summed E-state index contributed by atoms with van der Waals surface area (Å²) in [7, 11) is 1.49. The smallest absolute Gasteiger partial charge is 0.336 e. The van der Waals surface area contributed by atoms with E-state index in [4.69, 9.17) is 33.8 Å². The number of fused-ring (bicyclic) bond motifs is 6. The number of carbonyl (C=O) groups excluding carboxylic acids is 3. The number of benzene rings is 1. The van der Waals surface area contributed by atoms with Gasteiger partial charge in [-0.3, -0.25) is 14.4 Å². The van der Waals surface area contributed by atoms with E-state index in [2.05, 4.69) is 26.1 Å². The van der Waals surface area contributed by atoms with Gasteiger partial charge in [0.15, 0.2) is 0 Å². The number of hydrogen-bond acceptors (Lipinski definition) is 12. The molecule has 4 N–H and O–H groups in total. The molecule has 4 saturated carbocycles. The Morgan fingerprint density at radius 2 is 1.67 bits per heavy atom. The molecule has 0 saturated heterocycles. The van der Waals surface area contributed by atoms with Crippen molar-refractivity contribution in [1.82, 2.24) is 5.32 Å². The zero-order chi connectivity index (χ0) is 43.0. The van der Waals surface area contributed by atoms with E-state index in [1.807, 2.05) is 0 Å². The molecule has 0 bridgehead atoms. The molecule has 14 heteroatoms. The summed E-state index contributed by atoms with van der Waals surface area (Å²) in [5.41, 5.74) is 5.78. The number of hydrogen-bond donors (Lipinski definition) is 3. The van der Waals surface area contributed by atoms with Gasteiger partial charge in [-0.15, -0.1) is 0 Å². The second-order valence-corrected chi connectivity index (χ2v) is 18.3. The molecule has 1 aromatic carbocycles. The Morgan fingerprint density at radius 3 is 2.42 bits per heavy atom. The average Bonchev–Trinajstić information content (AvgIpc) is 3.57. The van der Waals surface area contributed by atoms with Gasteiger partial charge < -0.3 is 44.3 Å². The van der Waals surface area contributed by atoms with Crippen molar-refractivity contribution in [3.05, 3.63) is 40.2 Å². The van der Waals surface area contributed by atoms with Crippen LogP contribution in [0.3, 0.4) is 0 Å². The summed E-state index contributed by atoms with van der Waals surface area (Å²) in [5.74, 6) is 1.01. The number of amides is 1. The first-order valence-corrected chi connectivity index (χ1v) is 22.1. The van der Waals surface area contributed by atoms with E-state index in [1.54, 1.807) is 18.2 Å². The molecule has 4 fully saturated rings. The Labute approximate surface area is 352 Å². The van der Waals surface area contributed by atoms with Crippen molar-refractivity contribution < 1.29 is 52.4 Å². The minimum absolute atomic E-state index is 0.131. The van der Waals surface area contributed by atoms with E-state index in [-0.39, 0.29) is 41.5 Å². The molecule has 14 nitrogen and oxygen atoms in total. The number of carbonyl (C=O) groups is 4. The summed E-state index contributed by atoms with van der Waals surface area (Å²) >= 11 is 0. The second-order valence-electron chi connectivity index (χ2n) is 18.3. The van der Waals surface area contributed by atoms with Gasteiger partial charge in [0.1, 0.15) is 30.1 Å². The van der Waals surface area contributed by atoms with Gasteiger partial charge in [-0.1, -0.05) is 20.8 Å². The lowest BCUT2D eigenvalue weighted by Crippen LogP contribution is -2.54. The first-order chi connectivity index (χ1) is 28.7. The molecule has 1 aromatic heterocycles. The number of nitrogens with two attached hydrogens (primary N) is 1. The van der Waals surface area contributed by atoms with Gasteiger partial charge in [0.05, 0.1) is 46.4 Å². The fourth-order valence-electron chi connectivity index (χ4n) is 12.1. The van der Waals surface area contributed by atoms with E-state index in [0.717, 1.165) is 32.1 Å². The van der Waals surface area contributed by atoms with Crippen molar-refractivity contribution in [2.45, 2.75) is 116 Å². The SMILES string of the molecule is COc1ccc2c(CC(=O)N[C@@H](CC(=O)O)C(=O)O[C@@H]3CC[C@@]4(C)[C@H](CC[C@@H]5[C@@H]4CC[C@]4(C)C([C@H](C)CCC(=O)OCCOCCOCCN)CC[C@@H]54)C3)cc(=O)oc2c1. The predicted octanol–water partition coefficient (Wildman–Crippen LogP) is 5.83. The van der Waals surface area contributed by atoms with Crippen molar-refractivity contribution in [2.24, 2.45) is 52.1 Å². The minimum Gasteiger partial charge on any atom is -0.497 e. The molecule has 60 heavy (non-hydrogen) atoms. The van der Waals surface area contributed by atoms with Crippen LogP contribution < -0.4 is 21.4 Å². The molecule has 0 spiro atoms. The highest BCUT2D eigenvalue weighted by Gasteiger charge is 2.60. The van der Waals surface area contributed by atoms with Crippen LogP contribution in [0.1, 0.15) is 103 Å². The minimum atomic E-state index is -1.37. The number of nitrogens with one attached hydrogen (secondary N) is 1. The van der Waals surface area contributed by atoms with E-state index in [9.17, 15) is 29.1 Å². The number of carboxylic acid groups (broad SMARTS) is 1. The third kappa shape index (κ3) is 10.5. The first-order valence-electron chi connectivity index (χ1n) is 22.1. The molecular formula is C46H66N2O12. The highest BCUT2D eigenvalue weighted by atomic mass is 16.6. The van der Waals surface area contributed by atoms with Crippen LogP contribution in [-0.2, 0) is 44.5 Å². The topological polar surface area (TPSA) is 203 Å². The summed E-state index contributed by atoms with van der Waals surface area (Å²) in [6.07, 6.45) is 9.34. The van der Waals surface area contributed by atoms with E-state index in [1.165, 1.54) is 38.9 Å². The summed E-state index contributed by atoms with van der Waals surface area (Å²) in [6, 6.07) is 4.76. The van der Waals surface area contributed by atoms with Crippen LogP contribution in [0.5, 0.6) is 5.75 Å². The number of ether oxygens (including phenoxy) is 5. The maximum absolute atomic E-state index is 13.6. The first kappa shape index (κ1) is 45.5.